The van der Waals surface area contributed by atoms with E-state index in [1.807, 2.05) is 0 Å². The van der Waals surface area contributed by atoms with E-state index in [0.717, 1.165) is 10.6 Å². The van der Waals surface area contributed by atoms with Gasteiger partial charge in [-0.05, 0) is 42.2 Å². The van der Waals surface area contributed by atoms with Crippen molar-refractivity contribution in [2.24, 2.45) is 0 Å². The lowest BCUT2D eigenvalue weighted by Crippen LogP contribution is -1.90. The van der Waals surface area contributed by atoms with Gasteiger partial charge in [0.05, 0.1) is 0 Å². The van der Waals surface area contributed by atoms with Crippen molar-refractivity contribution in [2.45, 2.75) is 15.5 Å². The topological polar surface area (TPSA) is 26.0 Å². The minimum atomic E-state index is -0.246. The molecule has 0 heterocycles. The van der Waals surface area contributed by atoms with E-state index < -0.39 is 0 Å². The normalized spacial score (nSPS) is 10.6. The van der Waals surface area contributed by atoms with Crippen LogP contribution in [-0.2, 0) is 5.75 Å². The molecule has 0 atom stereocenters. The molecular formula is C14H14FNS2. The second-order valence-corrected chi connectivity index (χ2v) is 5.72. The summed E-state index contributed by atoms with van der Waals surface area (Å²) in [6.07, 6.45) is 2.05. The first-order valence-electron chi connectivity index (χ1n) is 5.50. The fraction of sp³-hybridized carbons (Fsp3) is 0.143. The van der Waals surface area contributed by atoms with Crippen molar-refractivity contribution in [3.8, 4) is 0 Å². The van der Waals surface area contributed by atoms with Crippen LogP contribution in [0.3, 0.4) is 0 Å². The molecule has 0 fully saturated rings. The Morgan fingerprint density at radius 1 is 1.11 bits per heavy atom. The fourth-order valence-electron chi connectivity index (χ4n) is 1.52. The monoisotopic (exact) mass is 279 g/mol. The van der Waals surface area contributed by atoms with E-state index in [4.69, 9.17) is 5.73 Å². The Labute approximate surface area is 115 Å². The number of benzene rings is 2. The molecular weight excluding hydrogens is 265 g/mol. The Morgan fingerprint density at radius 3 is 2.50 bits per heavy atom. The molecule has 0 aromatic heterocycles. The zero-order valence-corrected chi connectivity index (χ0v) is 11.7. The highest BCUT2D eigenvalue weighted by Gasteiger charge is 2.03. The molecule has 0 saturated heterocycles. The van der Waals surface area contributed by atoms with Crippen LogP contribution in [-0.4, -0.2) is 6.26 Å². The predicted octanol–water partition coefficient (Wildman–Crippen LogP) is 4.42. The molecule has 2 N–H and O–H groups in total. The van der Waals surface area contributed by atoms with E-state index >= 15 is 0 Å². The third kappa shape index (κ3) is 3.43. The maximum Gasteiger partial charge on any atom is 0.124 e. The molecule has 18 heavy (non-hydrogen) atoms. The van der Waals surface area contributed by atoms with E-state index in [0.29, 0.717) is 5.69 Å². The molecule has 0 amide bonds. The summed E-state index contributed by atoms with van der Waals surface area (Å²) >= 11 is 3.28. The Balaban J connectivity index is 2.04. The van der Waals surface area contributed by atoms with Gasteiger partial charge in [0, 0.05) is 21.2 Å². The predicted molar refractivity (Wildman–Crippen MR) is 78.6 cm³/mol. The van der Waals surface area contributed by atoms with Crippen LogP contribution in [0.25, 0.3) is 0 Å². The quantitative estimate of drug-likeness (QED) is 0.662. The second kappa shape index (κ2) is 6.16. The van der Waals surface area contributed by atoms with Gasteiger partial charge in [0.2, 0.25) is 0 Å². The first-order chi connectivity index (χ1) is 8.69. The van der Waals surface area contributed by atoms with Crippen LogP contribution in [0.1, 0.15) is 5.56 Å². The van der Waals surface area contributed by atoms with Crippen LogP contribution in [0.2, 0.25) is 0 Å². The molecule has 0 aliphatic carbocycles. The largest absolute Gasteiger partial charge is 0.398 e. The Hall–Kier alpha value is -1.13. The summed E-state index contributed by atoms with van der Waals surface area (Å²) in [6.45, 7) is 0. The summed E-state index contributed by atoms with van der Waals surface area (Å²) in [5.41, 5.74) is 7.65. The van der Waals surface area contributed by atoms with Crippen LogP contribution in [0.4, 0.5) is 10.1 Å². The Kier molecular flexibility index (Phi) is 4.55. The molecule has 0 spiro atoms. The van der Waals surface area contributed by atoms with Crippen molar-refractivity contribution < 1.29 is 4.39 Å². The summed E-state index contributed by atoms with van der Waals surface area (Å²) in [5, 5.41) is 0. The van der Waals surface area contributed by atoms with E-state index in [2.05, 4.69) is 30.5 Å². The summed E-state index contributed by atoms with van der Waals surface area (Å²) in [4.78, 5) is 2.04. The van der Waals surface area contributed by atoms with Gasteiger partial charge in [0.1, 0.15) is 5.82 Å². The smallest absolute Gasteiger partial charge is 0.124 e. The summed E-state index contributed by atoms with van der Waals surface area (Å²) in [6, 6.07) is 12.8. The van der Waals surface area contributed by atoms with Gasteiger partial charge in [-0.2, -0.15) is 0 Å². The molecule has 0 saturated carbocycles. The van der Waals surface area contributed by atoms with Gasteiger partial charge in [-0.25, -0.2) is 4.39 Å². The third-order valence-corrected chi connectivity index (χ3v) is 4.41. The highest BCUT2D eigenvalue weighted by Crippen LogP contribution is 2.29. The average Bonchev–Trinajstić information content (AvgIpc) is 2.40. The lowest BCUT2D eigenvalue weighted by atomic mass is 10.2. The van der Waals surface area contributed by atoms with E-state index in [-0.39, 0.29) is 5.82 Å². The highest BCUT2D eigenvalue weighted by molar-refractivity contribution is 7.99. The highest BCUT2D eigenvalue weighted by atomic mass is 32.2. The molecule has 0 bridgehead atoms. The number of anilines is 1. The van der Waals surface area contributed by atoms with E-state index in [1.54, 1.807) is 29.6 Å². The maximum atomic E-state index is 13.1. The number of halogens is 1. The minimum Gasteiger partial charge on any atom is -0.398 e. The molecule has 1 nitrogen and oxygen atoms in total. The standard InChI is InChI=1S/C14H14FNS2/c1-17-12-5-2-10(3-6-12)9-18-14-8-11(15)4-7-13(14)16/h2-8H,9,16H2,1H3. The first kappa shape index (κ1) is 13.3. The SMILES string of the molecule is CSc1ccc(CSc2cc(F)ccc2N)cc1. The van der Waals surface area contributed by atoms with Crippen LogP contribution in [0.15, 0.2) is 52.3 Å². The van der Waals surface area contributed by atoms with Crippen molar-refractivity contribution in [3.05, 3.63) is 53.8 Å². The molecule has 0 unspecified atom stereocenters. The number of nitrogens with two attached hydrogens (primary N) is 1. The van der Waals surface area contributed by atoms with Crippen molar-refractivity contribution in [3.63, 3.8) is 0 Å². The second-order valence-electron chi connectivity index (χ2n) is 3.82. The van der Waals surface area contributed by atoms with E-state index in [9.17, 15) is 4.39 Å². The third-order valence-electron chi connectivity index (χ3n) is 2.53. The lowest BCUT2D eigenvalue weighted by molar-refractivity contribution is 0.624. The number of thioether (sulfide) groups is 2. The van der Waals surface area contributed by atoms with Crippen molar-refractivity contribution in [2.75, 3.05) is 12.0 Å². The minimum absolute atomic E-state index is 0.246. The van der Waals surface area contributed by atoms with Gasteiger partial charge >= 0.3 is 0 Å². The van der Waals surface area contributed by atoms with Crippen molar-refractivity contribution in [1.29, 1.82) is 0 Å². The van der Waals surface area contributed by atoms with E-state index in [1.165, 1.54) is 22.6 Å². The molecule has 0 aliphatic heterocycles. The number of rotatable bonds is 4. The Morgan fingerprint density at radius 2 is 1.83 bits per heavy atom. The van der Waals surface area contributed by atoms with Crippen LogP contribution < -0.4 is 5.73 Å². The maximum absolute atomic E-state index is 13.1. The average molecular weight is 279 g/mol. The molecule has 0 aliphatic rings. The lowest BCUT2D eigenvalue weighted by Gasteiger charge is -2.06. The van der Waals surface area contributed by atoms with Gasteiger partial charge in [0.25, 0.3) is 0 Å². The van der Waals surface area contributed by atoms with Gasteiger partial charge in [-0.1, -0.05) is 12.1 Å². The van der Waals surface area contributed by atoms with Gasteiger partial charge < -0.3 is 5.73 Å². The van der Waals surface area contributed by atoms with Gasteiger partial charge in [0.15, 0.2) is 0 Å². The van der Waals surface area contributed by atoms with Crippen molar-refractivity contribution >= 4 is 29.2 Å². The molecule has 4 heteroatoms. The van der Waals surface area contributed by atoms with Gasteiger partial charge in [-0.3, -0.25) is 0 Å². The summed E-state index contributed by atoms with van der Waals surface area (Å²) in [5.74, 6) is 0.548. The Bertz CT molecular complexity index is 526. The summed E-state index contributed by atoms with van der Waals surface area (Å²) in [7, 11) is 0. The fourth-order valence-corrected chi connectivity index (χ4v) is 2.87. The molecule has 94 valence electrons. The number of nitrogen functional groups attached to an aromatic ring is 1. The van der Waals surface area contributed by atoms with Crippen molar-refractivity contribution in [1.82, 2.24) is 0 Å². The molecule has 0 radical (unpaired) electrons. The van der Waals surface area contributed by atoms with Crippen LogP contribution >= 0.6 is 23.5 Å². The first-order valence-corrected chi connectivity index (χ1v) is 7.71. The number of hydrogen-bond donors (Lipinski definition) is 1. The zero-order valence-electron chi connectivity index (χ0n) is 10.0. The van der Waals surface area contributed by atoms with Crippen LogP contribution in [0, 0.1) is 5.82 Å². The van der Waals surface area contributed by atoms with Crippen LogP contribution in [0.5, 0.6) is 0 Å². The number of hydrogen-bond acceptors (Lipinski definition) is 3. The molecule has 2 aromatic carbocycles. The molecule has 2 aromatic rings. The summed E-state index contributed by atoms with van der Waals surface area (Å²) < 4.78 is 13.1. The molecule has 2 rings (SSSR count). The zero-order chi connectivity index (χ0) is 13.0. The van der Waals surface area contributed by atoms with Gasteiger partial charge in [-0.15, -0.1) is 23.5 Å².